The van der Waals surface area contributed by atoms with Gasteiger partial charge in [-0.2, -0.15) is 0 Å². The second-order valence-electron chi connectivity index (χ2n) is 3.90. The van der Waals surface area contributed by atoms with E-state index in [1.165, 1.54) is 0 Å². The molecular weight excluding hydrogens is 230 g/mol. The minimum absolute atomic E-state index is 0.0675. The molecule has 0 saturated carbocycles. The summed E-state index contributed by atoms with van der Waals surface area (Å²) in [4.78, 5) is 15.0. The quantitative estimate of drug-likeness (QED) is 0.897. The third kappa shape index (κ3) is 3.07. The molecule has 0 aliphatic rings. The number of pyridine rings is 1. The Morgan fingerprint density at radius 1 is 1.22 bits per heavy atom. The number of hydrogen-bond donors (Lipinski definition) is 1. The highest BCUT2D eigenvalue weighted by atomic mass is 16.5. The lowest BCUT2D eigenvalue weighted by Crippen LogP contribution is -2.02. The maximum Gasteiger partial charge on any atom is 0.307 e. The van der Waals surface area contributed by atoms with Crippen molar-refractivity contribution < 1.29 is 14.6 Å². The van der Waals surface area contributed by atoms with E-state index in [9.17, 15) is 4.79 Å². The number of para-hydroxylation sites is 1. The minimum atomic E-state index is -0.886. The molecule has 0 aliphatic heterocycles. The summed E-state index contributed by atoms with van der Waals surface area (Å²) in [6.07, 6.45) is -0.0675. The van der Waals surface area contributed by atoms with Crippen molar-refractivity contribution >= 4 is 5.97 Å². The molecule has 0 spiro atoms. The van der Waals surface area contributed by atoms with E-state index in [1.54, 1.807) is 30.3 Å². The topological polar surface area (TPSA) is 59.4 Å². The molecule has 1 aromatic carbocycles. The van der Waals surface area contributed by atoms with E-state index >= 15 is 0 Å². The molecule has 1 heterocycles. The van der Waals surface area contributed by atoms with Gasteiger partial charge in [0.2, 0.25) is 5.88 Å². The summed E-state index contributed by atoms with van der Waals surface area (Å²) < 4.78 is 5.62. The number of aromatic nitrogens is 1. The predicted molar refractivity (Wildman–Crippen MR) is 66.8 cm³/mol. The molecular formula is C14H13NO3. The second kappa shape index (κ2) is 5.31. The van der Waals surface area contributed by atoms with Gasteiger partial charge in [-0.15, -0.1) is 0 Å². The number of carboxylic acids is 1. The van der Waals surface area contributed by atoms with Crippen LogP contribution in [0.2, 0.25) is 0 Å². The molecule has 0 aliphatic carbocycles. The molecule has 1 aromatic heterocycles. The van der Waals surface area contributed by atoms with Gasteiger partial charge in [0.25, 0.3) is 0 Å². The standard InChI is InChI=1S/C14H13NO3/c1-10-5-4-8-13(15-10)18-12-7-3-2-6-11(12)9-14(16)17/h2-8H,9H2,1H3,(H,16,17). The molecule has 0 saturated heterocycles. The van der Waals surface area contributed by atoms with Crippen molar-refractivity contribution in [2.75, 3.05) is 0 Å². The molecule has 2 aromatic rings. The fourth-order valence-electron chi connectivity index (χ4n) is 1.60. The van der Waals surface area contributed by atoms with Gasteiger partial charge in [0, 0.05) is 17.3 Å². The lowest BCUT2D eigenvalue weighted by molar-refractivity contribution is -0.136. The third-order valence-electron chi connectivity index (χ3n) is 2.39. The average Bonchev–Trinajstić information content (AvgIpc) is 2.31. The molecule has 0 unspecified atom stereocenters. The zero-order valence-electron chi connectivity index (χ0n) is 9.96. The van der Waals surface area contributed by atoms with Crippen molar-refractivity contribution in [3.8, 4) is 11.6 Å². The summed E-state index contributed by atoms with van der Waals surface area (Å²) in [5.41, 5.74) is 1.48. The maximum atomic E-state index is 10.8. The smallest absolute Gasteiger partial charge is 0.307 e. The maximum absolute atomic E-state index is 10.8. The number of hydrogen-bond acceptors (Lipinski definition) is 3. The summed E-state index contributed by atoms with van der Waals surface area (Å²) in [5, 5.41) is 8.83. The van der Waals surface area contributed by atoms with Gasteiger partial charge in [0.05, 0.1) is 6.42 Å². The van der Waals surface area contributed by atoms with Gasteiger partial charge in [-0.25, -0.2) is 4.98 Å². The first-order valence-electron chi connectivity index (χ1n) is 5.56. The Hall–Kier alpha value is -2.36. The molecule has 0 bridgehead atoms. The first-order valence-corrected chi connectivity index (χ1v) is 5.56. The molecule has 0 amide bonds. The van der Waals surface area contributed by atoms with E-state index in [4.69, 9.17) is 9.84 Å². The van der Waals surface area contributed by atoms with Gasteiger partial charge in [-0.1, -0.05) is 24.3 Å². The van der Waals surface area contributed by atoms with Gasteiger partial charge in [0.15, 0.2) is 0 Å². The summed E-state index contributed by atoms with van der Waals surface area (Å²) >= 11 is 0. The number of benzene rings is 1. The molecule has 4 nitrogen and oxygen atoms in total. The Balaban J connectivity index is 2.26. The zero-order valence-corrected chi connectivity index (χ0v) is 9.96. The molecule has 2 rings (SSSR count). The van der Waals surface area contributed by atoms with Crippen LogP contribution in [0.5, 0.6) is 11.6 Å². The van der Waals surface area contributed by atoms with Gasteiger partial charge in [-0.3, -0.25) is 4.79 Å². The minimum Gasteiger partial charge on any atom is -0.481 e. The fourth-order valence-corrected chi connectivity index (χ4v) is 1.60. The van der Waals surface area contributed by atoms with Gasteiger partial charge in [-0.05, 0) is 19.1 Å². The van der Waals surface area contributed by atoms with E-state index in [2.05, 4.69) is 4.98 Å². The second-order valence-corrected chi connectivity index (χ2v) is 3.90. The number of aryl methyl sites for hydroxylation is 1. The normalized spacial score (nSPS) is 10.1. The molecule has 0 radical (unpaired) electrons. The Bertz CT molecular complexity index is 566. The highest BCUT2D eigenvalue weighted by molar-refractivity contribution is 5.71. The van der Waals surface area contributed by atoms with Crippen LogP contribution >= 0.6 is 0 Å². The van der Waals surface area contributed by atoms with Crippen LogP contribution < -0.4 is 4.74 Å². The Labute approximate surface area is 105 Å². The van der Waals surface area contributed by atoms with Crippen molar-refractivity contribution in [1.29, 1.82) is 0 Å². The first-order chi connectivity index (χ1) is 8.65. The highest BCUT2D eigenvalue weighted by Crippen LogP contribution is 2.24. The SMILES string of the molecule is Cc1cccc(Oc2ccccc2CC(=O)O)n1. The van der Waals surface area contributed by atoms with Gasteiger partial charge < -0.3 is 9.84 Å². The zero-order chi connectivity index (χ0) is 13.0. The average molecular weight is 243 g/mol. The lowest BCUT2D eigenvalue weighted by atomic mass is 10.1. The van der Waals surface area contributed by atoms with Crippen LogP contribution in [0.1, 0.15) is 11.3 Å². The summed E-state index contributed by atoms with van der Waals surface area (Å²) in [5.74, 6) is 0.106. The van der Waals surface area contributed by atoms with E-state index in [0.29, 0.717) is 17.2 Å². The predicted octanol–water partition coefficient (Wildman–Crippen LogP) is 2.81. The Kier molecular flexibility index (Phi) is 3.57. The van der Waals surface area contributed by atoms with E-state index in [-0.39, 0.29) is 6.42 Å². The largest absolute Gasteiger partial charge is 0.481 e. The van der Waals surface area contributed by atoms with Gasteiger partial charge >= 0.3 is 5.97 Å². The van der Waals surface area contributed by atoms with E-state index in [1.807, 2.05) is 19.1 Å². The van der Waals surface area contributed by atoms with Crippen LogP contribution in [-0.4, -0.2) is 16.1 Å². The van der Waals surface area contributed by atoms with Crippen molar-refractivity contribution in [1.82, 2.24) is 4.98 Å². The van der Waals surface area contributed by atoms with Crippen LogP contribution in [0, 0.1) is 6.92 Å². The molecule has 18 heavy (non-hydrogen) atoms. The molecule has 0 atom stereocenters. The number of aliphatic carboxylic acids is 1. The summed E-state index contributed by atoms with van der Waals surface area (Å²) in [7, 11) is 0. The number of carboxylic acid groups (broad SMARTS) is 1. The molecule has 4 heteroatoms. The molecule has 0 fully saturated rings. The van der Waals surface area contributed by atoms with Crippen molar-refractivity contribution in [3.05, 3.63) is 53.7 Å². The first kappa shape index (κ1) is 12.1. The van der Waals surface area contributed by atoms with Crippen LogP contribution in [-0.2, 0) is 11.2 Å². The van der Waals surface area contributed by atoms with Crippen LogP contribution in [0.4, 0.5) is 0 Å². The Morgan fingerprint density at radius 3 is 2.72 bits per heavy atom. The lowest BCUT2D eigenvalue weighted by Gasteiger charge is -2.09. The molecule has 92 valence electrons. The monoisotopic (exact) mass is 243 g/mol. The van der Waals surface area contributed by atoms with Crippen molar-refractivity contribution in [2.45, 2.75) is 13.3 Å². The van der Waals surface area contributed by atoms with Gasteiger partial charge in [0.1, 0.15) is 5.75 Å². The number of rotatable bonds is 4. The van der Waals surface area contributed by atoms with E-state index < -0.39 is 5.97 Å². The highest BCUT2D eigenvalue weighted by Gasteiger charge is 2.08. The van der Waals surface area contributed by atoms with Crippen LogP contribution in [0.3, 0.4) is 0 Å². The Morgan fingerprint density at radius 2 is 2.00 bits per heavy atom. The van der Waals surface area contributed by atoms with Crippen molar-refractivity contribution in [2.24, 2.45) is 0 Å². The van der Waals surface area contributed by atoms with E-state index in [0.717, 1.165) is 5.69 Å². The fraction of sp³-hybridized carbons (Fsp3) is 0.143. The van der Waals surface area contributed by atoms with Crippen molar-refractivity contribution in [3.63, 3.8) is 0 Å². The number of nitrogens with zero attached hydrogens (tertiary/aromatic N) is 1. The van der Waals surface area contributed by atoms with Crippen LogP contribution in [0.15, 0.2) is 42.5 Å². The summed E-state index contributed by atoms with van der Waals surface area (Å²) in [6.45, 7) is 1.87. The van der Waals surface area contributed by atoms with Crippen LogP contribution in [0.25, 0.3) is 0 Å². The molecule has 1 N–H and O–H groups in total. The number of carbonyl (C=O) groups is 1. The number of ether oxygens (including phenoxy) is 1. The third-order valence-corrected chi connectivity index (χ3v) is 2.39. The summed E-state index contributed by atoms with van der Waals surface area (Å²) in [6, 6.07) is 12.5.